The van der Waals surface area contributed by atoms with E-state index < -0.39 is 5.54 Å². The zero-order valence-corrected chi connectivity index (χ0v) is 14.0. The van der Waals surface area contributed by atoms with Gasteiger partial charge in [-0.05, 0) is 43.2 Å². The number of nitrogens with one attached hydrogen (secondary N) is 1. The zero-order valence-electron chi connectivity index (χ0n) is 14.0. The van der Waals surface area contributed by atoms with Gasteiger partial charge >= 0.3 is 0 Å². The Labute approximate surface area is 141 Å². The fourth-order valence-electron chi connectivity index (χ4n) is 2.61. The number of rotatable bonds is 6. The van der Waals surface area contributed by atoms with Crippen LogP contribution in [0.5, 0.6) is 5.75 Å². The van der Waals surface area contributed by atoms with Crippen LogP contribution in [-0.4, -0.2) is 29.2 Å². The summed E-state index contributed by atoms with van der Waals surface area (Å²) in [6.45, 7) is 2.63. The molecule has 3 aromatic rings. The summed E-state index contributed by atoms with van der Waals surface area (Å²) in [5, 5.41) is 3.30. The highest BCUT2D eigenvalue weighted by Crippen LogP contribution is 2.17. The van der Waals surface area contributed by atoms with Gasteiger partial charge < -0.3 is 15.8 Å². The molecule has 0 fully saturated rings. The lowest BCUT2D eigenvalue weighted by Crippen LogP contribution is -2.45. The van der Waals surface area contributed by atoms with Gasteiger partial charge in [0.2, 0.25) is 0 Å². The van der Waals surface area contributed by atoms with Crippen molar-refractivity contribution >= 4 is 16.9 Å². The lowest BCUT2D eigenvalue weighted by atomic mass is 9.94. The Kier molecular flexibility index (Phi) is 4.62. The minimum atomic E-state index is -0.401. The summed E-state index contributed by atoms with van der Waals surface area (Å²) in [4.78, 5) is 8.97. The van der Waals surface area contributed by atoms with Gasteiger partial charge in [-0.25, -0.2) is 4.98 Å². The topological polar surface area (TPSA) is 73.1 Å². The van der Waals surface area contributed by atoms with Crippen LogP contribution in [0.3, 0.4) is 0 Å². The number of ether oxygens (including phenoxy) is 1. The number of aromatic nitrogens is 2. The molecule has 0 aliphatic heterocycles. The van der Waals surface area contributed by atoms with Crippen molar-refractivity contribution in [3.05, 3.63) is 60.3 Å². The number of fused-ring (bicyclic) bond motifs is 1. The van der Waals surface area contributed by atoms with Crippen LogP contribution in [0.1, 0.15) is 12.5 Å². The molecule has 1 unspecified atom stereocenters. The first-order valence-corrected chi connectivity index (χ1v) is 7.93. The number of nitrogens with two attached hydrogens (primary N) is 1. The van der Waals surface area contributed by atoms with E-state index in [0.717, 1.165) is 29.0 Å². The van der Waals surface area contributed by atoms with Gasteiger partial charge in [-0.3, -0.25) is 4.98 Å². The van der Waals surface area contributed by atoms with Crippen molar-refractivity contribution in [2.45, 2.75) is 18.9 Å². The van der Waals surface area contributed by atoms with Gasteiger partial charge in [0.1, 0.15) is 11.6 Å². The molecule has 0 aliphatic carbocycles. The number of methoxy groups -OCH3 is 1. The summed E-state index contributed by atoms with van der Waals surface area (Å²) in [6, 6.07) is 15.8. The van der Waals surface area contributed by atoms with Gasteiger partial charge in [0, 0.05) is 12.1 Å². The van der Waals surface area contributed by atoms with Gasteiger partial charge in [-0.15, -0.1) is 0 Å². The minimum Gasteiger partial charge on any atom is -0.497 e. The molecule has 5 heteroatoms. The number of anilines is 1. The molecule has 0 saturated heterocycles. The predicted molar refractivity (Wildman–Crippen MR) is 97.3 cm³/mol. The lowest BCUT2D eigenvalue weighted by molar-refractivity contribution is 0.414. The average molecular weight is 322 g/mol. The Bertz CT molecular complexity index is 815. The Balaban J connectivity index is 1.64. The molecule has 5 nitrogen and oxygen atoms in total. The average Bonchev–Trinajstić information content (AvgIpc) is 2.60. The van der Waals surface area contributed by atoms with Crippen molar-refractivity contribution in [1.82, 2.24) is 9.97 Å². The Morgan fingerprint density at radius 1 is 1.08 bits per heavy atom. The molecule has 0 amide bonds. The Morgan fingerprint density at radius 2 is 1.79 bits per heavy atom. The maximum absolute atomic E-state index is 6.44. The number of hydrogen-bond acceptors (Lipinski definition) is 5. The van der Waals surface area contributed by atoms with Crippen LogP contribution in [0, 0.1) is 0 Å². The van der Waals surface area contributed by atoms with E-state index in [9.17, 15) is 0 Å². The summed E-state index contributed by atoms with van der Waals surface area (Å²) in [5.41, 5.74) is 8.97. The van der Waals surface area contributed by atoms with Crippen LogP contribution in [0.25, 0.3) is 11.0 Å². The first-order chi connectivity index (χ1) is 11.6. The fourth-order valence-corrected chi connectivity index (χ4v) is 2.61. The standard InChI is InChI=1S/C19H22N4O/c1-19(20,11-14-7-9-15(24-2)10-8-14)13-22-18-12-21-16-5-3-4-6-17(16)23-18/h3-10,12H,11,13,20H2,1-2H3,(H,22,23). The molecular weight excluding hydrogens is 300 g/mol. The highest BCUT2D eigenvalue weighted by Gasteiger charge is 2.19. The van der Waals surface area contributed by atoms with Gasteiger partial charge in [0.25, 0.3) is 0 Å². The molecule has 24 heavy (non-hydrogen) atoms. The smallest absolute Gasteiger partial charge is 0.145 e. The summed E-state index contributed by atoms with van der Waals surface area (Å²) in [7, 11) is 1.66. The molecule has 2 aromatic carbocycles. The molecule has 3 N–H and O–H groups in total. The quantitative estimate of drug-likeness (QED) is 0.730. The number of nitrogens with zero attached hydrogens (tertiary/aromatic N) is 2. The SMILES string of the molecule is COc1ccc(CC(C)(N)CNc2cnc3ccccc3n2)cc1. The second kappa shape index (κ2) is 6.84. The van der Waals surface area contributed by atoms with Crippen LogP contribution < -0.4 is 15.8 Å². The molecule has 1 heterocycles. The predicted octanol–water partition coefficient (Wildman–Crippen LogP) is 3.01. The second-order valence-corrected chi connectivity index (χ2v) is 6.28. The van der Waals surface area contributed by atoms with E-state index in [1.807, 2.05) is 55.5 Å². The number of para-hydroxylation sites is 2. The molecule has 0 saturated carbocycles. The molecule has 0 spiro atoms. The van der Waals surface area contributed by atoms with Gasteiger partial charge in [0.05, 0.1) is 24.3 Å². The van der Waals surface area contributed by atoms with E-state index in [2.05, 4.69) is 15.3 Å². The van der Waals surface area contributed by atoms with Crippen LogP contribution >= 0.6 is 0 Å². The van der Waals surface area contributed by atoms with Crippen molar-refractivity contribution < 1.29 is 4.74 Å². The minimum absolute atomic E-state index is 0.401. The van der Waals surface area contributed by atoms with Gasteiger partial charge in [0.15, 0.2) is 0 Å². The maximum atomic E-state index is 6.44. The summed E-state index contributed by atoms with van der Waals surface area (Å²) in [6.07, 6.45) is 2.50. The monoisotopic (exact) mass is 322 g/mol. The Hall–Kier alpha value is -2.66. The zero-order chi connectivity index (χ0) is 17.0. The number of hydrogen-bond donors (Lipinski definition) is 2. The van der Waals surface area contributed by atoms with Crippen LogP contribution in [0.2, 0.25) is 0 Å². The fraction of sp³-hybridized carbons (Fsp3) is 0.263. The normalized spacial score (nSPS) is 13.5. The third-order valence-electron chi connectivity index (χ3n) is 3.89. The molecular formula is C19H22N4O. The second-order valence-electron chi connectivity index (χ2n) is 6.28. The van der Waals surface area contributed by atoms with Crippen molar-refractivity contribution in [2.24, 2.45) is 5.73 Å². The molecule has 0 aliphatic rings. The first kappa shape index (κ1) is 16.2. The van der Waals surface area contributed by atoms with Crippen molar-refractivity contribution in [1.29, 1.82) is 0 Å². The van der Waals surface area contributed by atoms with Crippen molar-refractivity contribution in [3.8, 4) is 5.75 Å². The maximum Gasteiger partial charge on any atom is 0.145 e. The summed E-state index contributed by atoms with van der Waals surface area (Å²) in [5.74, 6) is 1.59. The molecule has 3 rings (SSSR count). The van der Waals surface area contributed by atoms with Gasteiger partial charge in [-0.2, -0.15) is 0 Å². The summed E-state index contributed by atoms with van der Waals surface area (Å²) >= 11 is 0. The molecule has 0 bridgehead atoms. The third kappa shape index (κ3) is 4.00. The van der Waals surface area contributed by atoms with E-state index in [0.29, 0.717) is 6.54 Å². The molecule has 0 radical (unpaired) electrons. The van der Waals surface area contributed by atoms with E-state index >= 15 is 0 Å². The first-order valence-electron chi connectivity index (χ1n) is 7.93. The Morgan fingerprint density at radius 3 is 2.50 bits per heavy atom. The molecule has 1 aromatic heterocycles. The van der Waals surface area contributed by atoms with E-state index in [4.69, 9.17) is 10.5 Å². The highest BCUT2D eigenvalue weighted by molar-refractivity contribution is 5.75. The summed E-state index contributed by atoms with van der Waals surface area (Å²) < 4.78 is 5.18. The van der Waals surface area contributed by atoms with Crippen LogP contribution in [0.4, 0.5) is 5.82 Å². The van der Waals surface area contributed by atoms with Crippen molar-refractivity contribution in [3.63, 3.8) is 0 Å². The lowest BCUT2D eigenvalue weighted by Gasteiger charge is -2.25. The largest absolute Gasteiger partial charge is 0.497 e. The van der Waals surface area contributed by atoms with Crippen molar-refractivity contribution in [2.75, 3.05) is 19.0 Å². The molecule has 1 atom stereocenters. The highest BCUT2D eigenvalue weighted by atomic mass is 16.5. The molecule has 124 valence electrons. The van der Waals surface area contributed by atoms with Gasteiger partial charge in [-0.1, -0.05) is 24.3 Å². The van der Waals surface area contributed by atoms with E-state index in [1.54, 1.807) is 13.3 Å². The third-order valence-corrected chi connectivity index (χ3v) is 3.89. The van der Waals surface area contributed by atoms with Crippen LogP contribution in [0.15, 0.2) is 54.7 Å². The van der Waals surface area contributed by atoms with E-state index in [-0.39, 0.29) is 0 Å². The van der Waals surface area contributed by atoms with E-state index in [1.165, 1.54) is 5.56 Å². The van der Waals surface area contributed by atoms with Crippen LogP contribution in [-0.2, 0) is 6.42 Å². The number of benzene rings is 2.